The second kappa shape index (κ2) is 6.61. The van der Waals surface area contributed by atoms with Crippen molar-refractivity contribution in [2.24, 2.45) is 11.7 Å². The lowest BCUT2D eigenvalue weighted by atomic mass is 10.0. The van der Waals surface area contributed by atoms with Gasteiger partial charge in [0.25, 0.3) is 0 Å². The summed E-state index contributed by atoms with van der Waals surface area (Å²) in [6.07, 6.45) is 0. The third-order valence-electron chi connectivity index (χ3n) is 2.27. The Bertz CT molecular complexity index is 417. The molecule has 0 heterocycles. The molecule has 0 aliphatic rings. The zero-order valence-corrected chi connectivity index (χ0v) is 10.7. The van der Waals surface area contributed by atoms with Crippen LogP contribution in [0.25, 0.3) is 0 Å². The lowest BCUT2D eigenvalue weighted by Crippen LogP contribution is -2.39. The highest BCUT2D eigenvalue weighted by atomic mass is 35.5. The number of hydrogen-bond acceptors (Lipinski definition) is 2. The number of nitrogens with two attached hydrogens (primary N) is 1. The molecule has 1 rings (SSSR count). The van der Waals surface area contributed by atoms with Gasteiger partial charge in [-0.2, -0.15) is 0 Å². The smallest absolute Gasteiger partial charge is 0.241 e. The largest absolute Gasteiger partial charge is 0.325 e. The molecule has 0 aliphatic carbocycles. The molecule has 3 N–H and O–H groups in total. The Balaban J connectivity index is 0.00000289. The van der Waals surface area contributed by atoms with E-state index in [2.05, 4.69) is 5.32 Å². The Morgan fingerprint density at radius 2 is 1.67 bits per heavy atom. The molecule has 1 aromatic rings. The first-order valence-corrected chi connectivity index (χ1v) is 5.04. The van der Waals surface area contributed by atoms with Crippen LogP contribution in [0.4, 0.5) is 18.9 Å². The van der Waals surface area contributed by atoms with E-state index in [1.807, 2.05) is 0 Å². The molecule has 1 amide bonds. The highest BCUT2D eigenvalue weighted by molar-refractivity contribution is 5.94. The molecule has 0 spiro atoms. The minimum Gasteiger partial charge on any atom is -0.325 e. The van der Waals surface area contributed by atoms with Gasteiger partial charge < -0.3 is 11.1 Å². The van der Waals surface area contributed by atoms with Crippen LogP contribution in [0.5, 0.6) is 0 Å². The van der Waals surface area contributed by atoms with Gasteiger partial charge in [-0.3, -0.25) is 4.79 Å². The molecule has 0 saturated heterocycles. The molecule has 3 nitrogen and oxygen atoms in total. The molecular weight excluding hydrogens is 269 g/mol. The molecule has 7 heteroatoms. The average molecular weight is 283 g/mol. The van der Waals surface area contributed by atoms with Gasteiger partial charge in [-0.1, -0.05) is 13.8 Å². The number of amides is 1. The second-order valence-corrected chi connectivity index (χ2v) is 4.01. The van der Waals surface area contributed by atoms with Crippen LogP contribution in [-0.4, -0.2) is 11.9 Å². The SMILES string of the molecule is CC(C)C(N)C(=O)Nc1cc(F)c(F)c(F)c1.Cl. The number of benzene rings is 1. The summed E-state index contributed by atoms with van der Waals surface area (Å²) >= 11 is 0. The molecule has 0 bridgehead atoms. The minimum absolute atomic E-state index is 0. The molecule has 0 fully saturated rings. The number of rotatable bonds is 3. The molecule has 0 radical (unpaired) electrons. The number of anilines is 1. The fourth-order valence-electron chi connectivity index (χ4n) is 1.16. The molecule has 0 aliphatic heterocycles. The van der Waals surface area contributed by atoms with Crippen LogP contribution in [0, 0.1) is 23.4 Å². The highest BCUT2D eigenvalue weighted by Gasteiger charge is 2.18. The Hall–Kier alpha value is -1.27. The maximum atomic E-state index is 12.9. The van der Waals surface area contributed by atoms with Crippen molar-refractivity contribution in [3.05, 3.63) is 29.6 Å². The molecule has 1 aromatic carbocycles. The number of hydrogen-bond donors (Lipinski definition) is 2. The summed E-state index contributed by atoms with van der Waals surface area (Å²) in [6.45, 7) is 3.46. The van der Waals surface area contributed by atoms with Crippen LogP contribution in [0.1, 0.15) is 13.8 Å². The van der Waals surface area contributed by atoms with Gasteiger partial charge in [0.15, 0.2) is 17.5 Å². The van der Waals surface area contributed by atoms with E-state index in [1.165, 1.54) is 0 Å². The summed E-state index contributed by atoms with van der Waals surface area (Å²) in [7, 11) is 0. The van der Waals surface area contributed by atoms with E-state index in [-0.39, 0.29) is 24.0 Å². The topological polar surface area (TPSA) is 55.1 Å². The molecule has 0 aromatic heterocycles. The van der Waals surface area contributed by atoms with Gasteiger partial charge in [0.2, 0.25) is 5.91 Å². The summed E-state index contributed by atoms with van der Waals surface area (Å²) < 4.78 is 38.4. The Kier molecular flexibility index (Phi) is 6.14. The van der Waals surface area contributed by atoms with Crippen LogP contribution in [0.15, 0.2) is 12.1 Å². The lowest BCUT2D eigenvalue weighted by Gasteiger charge is -2.15. The van der Waals surface area contributed by atoms with Crippen molar-refractivity contribution in [2.75, 3.05) is 5.32 Å². The van der Waals surface area contributed by atoms with Crippen molar-refractivity contribution in [1.82, 2.24) is 0 Å². The molecule has 0 saturated carbocycles. The quantitative estimate of drug-likeness (QED) is 0.837. The fourth-order valence-corrected chi connectivity index (χ4v) is 1.16. The van der Waals surface area contributed by atoms with Crippen LogP contribution in [-0.2, 0) is 4.79 Å². The van der Waals surface area contributed by atoms with Crippen molar-refractivity contribution in [3.63, 3.8) is 0 Å². The summed E-state index contributed by atoms with van der Waals surface area (Å²) in [6, 6.07) is 0.596. The van der Waals surface area contributed by atoms with Gasteiger partial charge in [-0.25, -0.2) is 13.2 Å². The fraction of sp³-hybridized carbons (Fsp3) is 0.364. The summed E-state index contributed by atoms with van der Waals surface area (Å²) in [5, 5.41) is 2.22. The predicted molar refractivity (Wildman–Crippen MR) is 65.0 cm³/mol. The first kappa shape index (κ1) is 16.7. The Morgan fingerprint density at radius 3 is 2.06 bits per heavy atom. The van der Waals surface area contributed by atoms with Gasteiger partial charge in [0.1, 0.15) is 0 Å². The van der Waals surface area contributed by atoms with E-state index in [9.17, 15) is 18.0 Å². The highest BCUT2D eigenvalue weighted by Crippen LogP contribution is 2.17. The zero-order valence-electron chi connectivity index (χ0n) is 9.84. The Labute approximate surface area is 109 Å². The first-order valence-electron chi connectivity index (χ1n) is 5.04. The third-order valence-corrected chi connectivity index (χ3v) is 2.27. The molecule has 1 unspecified atom stereocenters. The van der Waals surface area contributed by atoms with Crippen molar-refractivity contribution < 1.29 is 18.0 Å². The summed E-state index contributed by atoms with van der Waals surface area (Å²) in [5.41, 5.74) is 5.38. The van der Waals surface area contributed by atoms with E-state index in [4.69, 9.17) is 5.73 Å². The summed E-state index contributed by atoms with van der Waals surface area (Å²) in [5.74, 6) is -5.00. The van der Waals surface area contributed by atoms with Gasteiger partial charge in [-0.05, 0) is 5.92 Å². The first-order chi connectivity index (χ1) is 7.82. The maximum absolute atomic E-state index is 12.9. The predicted octanol–water partition coefficient (Wildman–Crippen LogP) is 2.45. The maximum Gasteiger partial charge on any atom is 0.241 e. The average Bonchev–Trinajstić information content (AvgIpc) is 2.24. The molecule has 1 atom stereocenters. The number of carbonyl (C=O) groups excluding carboxylic acids is 1. The van der Waals surface area contributed by atoms with Gasteiger partial charge in [-0.15, -0.1) is 12.4 Å². The van der Waals surface area contributed by atoms with Gasteiger partial charge >= 0.3 is 0 Å². The number of halogens is 4. The second-order valence-electron chi connectivity index (χ2n) is 4.01. The Morgan fingerprint density at radius 1 is 1.22 bits per heavy atom. The van der Waals surface area contributed by atoms with Crippen molar-refractivity contribution in [2.45, 2.75) is 19.9 Å². The van der Waals surface area contributed by atoms with E-state index in [1.54, 1.807) is 13.8 Å². The van der Waals surface area contributed by atoms with Crippen LogP contribution >= 0.6 is 12.4 Å². The van der Waals surface area contributed by atoms with Crippen molar-refractivity contribution in [1.29, 1.82) is 0 Å². The van der Waals surface area contributed by atoms with E-state index < -0.39 is 29.4 Å². The number of nitrogens with one attached hydrogen (secondary N) is 1. The van der Waals surface area contributed by atoms with Crippen molar-refractivity contribution in [3.8, 4) is 0 Å². The standard InChI is InChI=1S/C11H13F3N2O.ClH/c1-5(2)10(15)11(17)16-6-3-7(12)9(14)8(13)4-6;/h3-5,10H,15H2,1-2H3,(H,16,17);1H. The number of carbonyl (C=O) groups is 1. The van der Waals surface area contributed by atoms with Crippen molar-refractivity contribution >= 4 is 24.0 Å². The lowest BCUT2D eigenvalue weighted by molar-refractivity contribution is -0.118. The van der Waals surface area contributed by atoms with E-state index in [0.717, 1.165) is 0 Å². The van der Waals surface area contributed by atoms with Gasteiger partial charge in [0.05, 0.1) is 6.04 Å². The van der Waals surface area contributed by atoms with Gasteiger partial charge in [0, 0.05) is 17.8 Å². The van der Waals surface area contributed by atoms with Crippen LogP contribution in [0.2, 0.25) is 0 Å². The molecular formula is C11H14ClF3N2O. The minimum atomic E-state index is -1.57. The van der Waals surface area contributed by atoms with E-state index in [0.29, 0.717) is 12.1 Å². The zero-order chi connectivity index (χ0) is 13.2. The monoisotopic (exact) mass is 282 g/mol. The van der Waals surface area contributed by atoms with E-state index >= 15 is 0 Å². The third kappa shape index (κ3) is 3.89. The normalized spacial score (nSPS) is 11.9. The molecule has 102 valence electrons. The summed E-state index contributed by atoms with van der Waals surface area (Å²) in [4.78, 5) is 11.5. The van der Waals surface area contributed by atoms with Crippen LogP contribution < -0.4 is 11.1 Å². The molecule has 18 heavy (non-hydrogen) atoms. The van der Waals surface area contributed by atoms with Crippen LogP contribution in [0.3, 0.4) is 0 Å².